The molecule has 0 amide bonds. The van der Waals surface area contributed by atoms with Crippen LogP contribution in [0.2, 0.25) is 0 Å². The second kappa shape index (κ2) is 9.86. The second-order valence-corrected chi connectivity index (χ2v) is 8.89. The van der Waals surface area contributed by atoms with Crippen molar-refractivity contribution in [1.29, 1.82) is 0 Å². The molecule has 2 aromatic heterocycles. The van der Waals surface area contributed by atoms with Crippen molar-refractivity contribution in [2.45, 2.75) is 20.3 Å². The van der Waals surface area contributed by atoms with Gasteiger partial charge in [0.2, 0.25) is 21.9 Å². The molecule has 0 atom stereocenters. The van der Waals surface area contributed by atoms with E-state index in [-0.39, 0.29) is 18.2 Å². The van der Waals surface area contributed by atoms with Gasteiger partial charge in [-0.1, -0.05) is 19.1 Å². The Kier molecular flexibility index (Phi) is 7.18. The van der Waals surface area contributed by atoms with E-state index in [1.165, 1.54) is 25.6 Å². The fourth-order valence-electron chi connectivity index (χ4n) is 3.24. The third-order valence-electron chi connectivity index (χ3n) is 4.78. The molecule has 0 spiro atoms. The topological polar surface area (TPSA) is 109 Å². The van der Waals surface area contributed by atoms with Crippen LogP contribution >= 0.6 is 0 Å². The van der Waals surface area contributed by atoms with E-state index in [2.05, 4.69) is 15.2 Å². The van der Waals surface area contributed by atoms with E-state index in [1.807, 2.05) is 6.92 Å². The van der Waals surface area contributed by atoms with Crippen LogP contribution in [0.15, 0.2) is 36.4 Å². The minimum absolute atomic E-state index is 0.0876. The molecule has 0 aliphatic carbocycles. The number of rotatable bonds is 10. The van der Waals surface area contributed by atoms with E-state index in [1.54, 1.807) is 47.9 Å². The molecule has 0 fully saturated rings. The Morgan fingerprint density at radius 1 is 0.938 bits per heavy atom. The van der Waals surface area contributed by atoms with E-state index in [9.17, 15) is 8.42 Å². The minimum Gasteiger partial charge on any atom is -0.494 e. The number of pyridine rings is 1. The van der Waals surface area contributed by atoms with Crippen molar-refractivity contribution < 1.29 is 22.6 Å². The van der Waals surface area contributed by atoms with Crippen LogP contribution in [0.4, 0.5) is 5.95 Å². The maximum Gasteiger partial charge on any atom is 0.246 e. The summed E-state index contributed by atoms with van der Waals surface area (Å²) in [4.78, 5) is 4.46. The van der Waals surface area contributed by atoms with Crippen molar-refractivity contribution in [2.24, 2.45) is 0 Å². The van der Waals surface area contributed by atoms with E-state index >= 15 is 0 Å². The molecule has 0 saturated carbocycles. The Labute approximate surface area is 187 Å². The Balaban J connectivity index is 2.40. The van der Waals surface area contributed by atoms with Crippen LogP contribution in [0.1, 0.15) is 20.3 Å². The highest BCUT2D eigenvalue weighted by atomic mass is 32.2. The summed E-state index contributed by atoms with van der Waals surface area (Å²) in [6.45, 7) is 3.72. The van der Waals surface area contributed by atoms with Gasteiger partial charge in [-0.2, -0.15) is 0 Å². The molecule has 32 heavy (non-hydrogen) atoms. The SMILES string of the molecule is CCCN(c1nnc(-c2cccc(OC)n2)n1-c1c(OC)cccc1OC)S(=O)(=O)CC. The fourth-order valence-corrected chi connectivity index (χ4v) is 4.38. The number of sulfonamides is 1. The Morgan fingerprint density at radius 2 is 1.59 bits per heavy atom. The van der Waals surface area contributed by atoms with E-state index in [4.69, 9.17) is 14.2 Å². The van der Waals surface area contributed by atoms with Crippen molar-refractivity contribution in [2.75, 3.05) is 37.9 Å². The number of hydrogen-bond acceptors (Lipinski definition) is 8. The first kappa shape index (κ1) is 23.3. The summed E-state index contributed by atoms with van der Waals surface area (Å²) in [5.74, 6) is 1.65. The summed E-state index contributed by atoms with van der Waals surface area (Å²) in [7, 11) is 0.925. The molecule has 0 aliphatic heterocycles. The molecule has 0 radical (unpaired) electrons. The van der Waals surface area contributed by atoms with Crippen molar-refractivity contribution >= 4 is 16.0 Å². The average Bonchev–Trinajstić information content (AvgIpc) is 3.25. The van der Waals surface area contributed by atoms with E-state index in [0.29, 0.717) is 41.0 Å². The average molecular weight is 462 g/mol. The quantitative estimate of drug-likeness (QED) is 0.453. The minimum atomic E-state index is -3.64. The van der Waals surface area contributed by atoms with Gasteiger partial charge >= 0.3 is 0 Å². The molecule has 10 nitrogen and oxygen atoms in total. The third-order valence-corrected chi connectivity index (χ3v) is 6.53. The lowest BCUT2D eigenvalue weighted by molar-refractivity contribution is 0.391. The molecule has 0 N–H and O–H groups in total. The molecule has 0 bridgehead atoms. The lowest BCUT2D eigenvalue weighted by Gasteiger charge is -2.24. The number of hydrogen-bond donors (Lipinski definition) is 0. The van der Waals surface area contributed by atoms with Crippen LogP contribution in [-0.4, -0.2) is 61.8 Å². The monoisotopic (exact) mass is 461 g/mol. The van der Waals surface area contributed by atoms with Gasteiger partial charge in [0.05, 0.1) is 27.1 Å². The van der Waals surface area contributed by atoms with Gasteiger partial charge in [0.1, 0.15) is 22.9 Å². The van der Waals surface area contributed by atoms with Crippen LogP contribution < -0.4 is 18.5 Å². The van der Waals surface area contributed by atoms with E-state index < -0.39 is 10.0 Å². The van der Waals surface area contributed by atoms with Gasteiger partial charge in [-0.15, -0.1) is 10.2 Å². The largest absolute Gasteiger partial charge is 0.494 e. The summed E-state index contributed by atoms with van der Waals surface area (Å²) in [6.07, 6.45) is 0.585. The summed E-state index contributed by atoms with van der Waals surface area (Å²) in [5.41, 5.74) is 0.908. The summed E-state index contributed by atoms with van der Waals surface area (Å²) in [6, 6.07) is 10.5. The first-order chi connectivity index (χ1) is 15.4. The maximum atomic E-state index is 13.0. The second-order valence-electron chi connectivity index (χ2n) is 6.71. The number of para-hydroxylation sites is 1. The molecular weight excluding hydrogens is 434 g/mol. The molecule has 11 heteroatoms. The molecule has 3 rings (SSSR count). The predicted octanol–water partition coefficient (Wildman–Crippen LogP) is 2.92. The smallest absolute Gasteiger partial charge is 0.246 e. The van der Waals surface area contributed by atoms with Gasteiger partial charge in [-0.25, -0.2) is 17.7 Å². The zero-order valence-electron chi connectivity index (χ0n) is 18.8. The molecule has 0 unspecified atom stereocenters. The predicted molar refractivity (Wildman–Crippen MR) is 121 cm³/mol. The number of ether oxygens (including phenoxy) is 3. The molecular formula is C21H27N5O5S. The highest BCUT2D eigenvalue weighted by Gasteiger charge is 2.30. The van der Waals surface area contributed by atoms with Crippen LogP contribution in [-0.2, 0) is 10.0 Å². The highest BCUT2D eigenvalue weighted by molar-refractivity contribution is 7.92. The molecule has 3 aromatic rings. The third kappa shape index (κ3) is 4.33. The molecule has 172 valence electrons. The highest BCUT2D eigenvalue weighted by Crippen LogP contribution is 2.38. The molecule has 1 aromatic carbocycles. The Morgan fingerprint density at radius 3 is 2.16 bits per heavy atom. The number of aromatic nitrogens is 4. The zero-order valence-corrected chi connectivity index (χ0v) is 19.6. The number of anilines is 1. The van der Waals surface area contributed by atoms with Gasteiger partial charge in [0, 0.05) is 12.6 Å². The van der Waals surface area contributed by atoms with Crippen molar-refractivity contribution in [3.05, 3.63) is 36.4 Å². The lowest BCUT2D eigenvalue weighted by atomic mass is 10.2. The van der Waals surface area contributed by atoms with Gasteiger partial charge in [-0.3, -0.25) is 4.57 Å². The normalized spacial score (nSPS) is 11.3. The molecule has 2 heterocycles. The van der Waals surface area contributed by atoms with Gasteiger partial charge in [0.25, 0.3) is 0 Å². The van der Waals surface area contributed by atoms with Crippen molar-refractivity contribution in [3.63, 3.8) is 0 Å². The maximum absolute atomic E-state index is 13.0. The van der Waals surface area contributed by atoms with Gasteiger partial charge in [-0.05, 0) is 31.5 Å². The summed E-state index contributed by atoms with van der Waals surface area (Å²) >= 11 is 0. The van der Waals surface area contributed by atoms with E-state index in [0.717, 1.165) is 0 Å². The number of benzene rings is 1. The zero-order chi connectivity index (χ0) is 23.3. The van der Waals surface area contributed by atoms with Gasteiger partial charge < -0.3 is 14.2 Å². The van der Waals surface area contributed by atoms with Crippen molar-refractivity contribution in [1.82, 2.24) is 19.7 Å². The molecule has 0 saturated heterocycles. The fraction of sp³-hybridized carbons (Fsp3) is 0.381. The summed E-state index contributed by atoms with van der Waals surface area (Å²) < 4.78 is 45.2. The van der Waals surface area contributed by atoms with Crippen molar-refractivity contribution in [3.8, 4) is 34.6 Å². The van der Waals surface area contributed by atoms with Crippen LogP contribution in [0.5, 0.6) is 17.4 Å². The Bertz CT molecular complexity index is 1160. The van der Waals surface area contributed by atoms with Crippen LogP contribution in [0.3, 0.4) is 0 Å². The first-order valence-electron chi connectivity index (χ1n) is 10.1. The molecule has 0 aliphatic rings. The standard InChI is InChI=1S/C21H27N5O5S/c1-6-14-25(32(27,28)7-2)21-24-23-20(15-10-8-13-18(22-15)31-5)26(21)19-16(29-3)11-9-12-17(19)30-4/h8-13H,6-7,14H2,1-5H3. The Hall–Kier alpha value is -3.34. The van der Waals surface area contributed by atoms with Crippen LogP contribution in [0.25, 0.3) is 17.2 Å². The summed E-state index contributed by atoms with van der Waals surface area (Å²) in [5, 5.41) is 8.59. The van der Waals surface area contributed by atoms with Gasteiger partial charge in [0.15, 0.2) is 5.82 Å². The number of nitrogens with zero attached hydrogens (tertiary/aromatic N) is 5. The number of methoxy groups -OCH3 is 3. The lowest BCUT2D eigenvalue weighted by Crippen LogP contribution is -2.35. The van der Waals surface area contributed by atoms with Crippen LogP contribution in [0, 0.1) is 0 Å². The first-order valence-corrected chi connectivity index (χ1v) is 11.7.